The molecule has 0 fully saturated rings. The molecule has 0 saturated carbocycles. The molecule has 3 aliphatic rings. The Hall–Kier alpha value is -3.75. The van der Waals surface area contributed by atoms with E-state index in [9.17, 15) is 14.5 Å². The van der Waals surface area contributed by atoms with Gasteiger partial charge in [-0.15, -0.1) is 4.91 Å². The number of esters is 1. The highest BCUT2D eigenvalue weighted by Crippen LogP contribution is 2.42. The second kappa shape index (κ2) is 5.88. The molecule has 3 aliphatic heterocycles. The summed E-state index contributed by atoms with van der Waals surface area (Å²) >= 11 is 0. The van der Waals surface area contributed by atoms with Crippen LogP contribution in [0.25, 0.3) is 22.3 Å². The van der Waals surface area contributed by atoms with Crippen LogP contribution in [0.5, 0.6) is 11.5 Å². The third-order valence-corrected chi connectivity index (χ3v) is 6.03. The van der Waals surface area contributed by atoms with Gasteiger partial charge in [0.2, 0.25) is 12.8 Å². The van der Waals surface area contributed by atoms with Crippen LogP contribution in [0.2, 0.25) is 0 Å². The van der Waals surface area contributed by atoms with Crippen molar-refractivity contribution >= 4 is 16.9 Å². The summed E-state index contributed by atoms with van der Waals surface area (Å²) in [6.45, 7) is 2.43. The fourth-order valence-electron chi connectivity index (χ4n) is 4.60. The Morgan fingerprint density at radius 3 is 2.70 bits per heavy atom. The molecule has 0 aliphatic carbocycles. The first-order chi connectivity index (χ1) is 14.6. The number of benzene rings is 1. The van der Waals surface area contributed by atoms with Crippen molar-refractivity contribution in [1.82, 2.24) is 9.55 Å². The molecular formula is C21H15N3O6. The SMILES string of the molecule is CCc1c2c(nc3cc4c(cc13)OCO4)-c1cc3c(c(=O)n1C2)COC(=O)C3N=O. The maximum absolute atomic E-state index is 13.2. The van der Waals surface area contributed by atoms with Crippen molar-refractivity contribution in [2.45, 2.75) is 32.5 Å². The van der Waals surface area contributed by atoms with E-state index in [0.29, 0.717) is 40.6 Å². The Labute approximate surface area is 169 Å². The van der Waals surface area contributed by atoms with E-state index < -0.39 is 12.0 Å². The van der Waals surface area contributed by atoms with Crippen LogP contribution in [-0.2, 0) is 29.1 Å². The van der Waals surface area contributed by atoms with Crippen molar-refractivity contribution in [1.29, 1.82) is 0 Å². The van der Waals surface area contributed by atoms with Gasteiger partial charge in [-0.2, -0.15) is 0 Å². The highest BCUT2D eigenvalue weighted by atomic mass is 16.7. The average molecular weight is 405 g/mol. The van der Waals surface area contributed by atoms with Gasteiger partial charge in [0.15, 0.2) is 11.5 Å². The molecule has 2 aromatic heterocycles. The fourth-order valence-corrected chi connectivity index (χ4v) is 4.60. The molecule has 0 spiro atoms. The molecule has 1 aromatic carbocycles. The van der Waals surface area contributed by atoms with E-state index in [-0.39, 0.29) is 19.0 Å². The lowest BCUT2D eigenvalue weighted by atomic mass is 9.97. The fraction of sp³-hybridized carbons (Fsp3) is 0.286. The number of carbonyl (C=O) groups is 1. The minimum atomic E-state index is -1.34. The normalized spacial score (nSPS) is 18.0. The van der Waals surface area contributed by atoms with Crippen molar-refractivity contribution in [3.63, 3.8) is 0 Å². The van der Waals surface area contributed by atoms with Gasteiger partial charge in [0.1, 0.15) is 6.61 Å². The number of fused-ring (bicyclic) bond motifs is 6. The number of aromatic nitrogens is 2. The monoisotopic (exact) mass is 405 g/mol. The van der Waals surface area contributed by atoms with Crippen molar-refractivity contribution < 1.29 is 19.0 Å². The highest BCUT2D eigenvalue weighted by molar-refractivity contribution is 5.91. The van der Waals surface area contributed by atoms with E-state index >= 15 is 0 Å². The Kier molecular flexibility index (Phi) is 3.36. The van der Waals surface area contributed by atoms with Crippen LogP contribution in [0, 0.1) is 4.91 Å². The van der Waals surface area contributed by atoms with E-state index in [4.69, 9.17) is 19.2 Å². The summed E-state index contributed by atoms with van der Waals surface area (Å²) in [5.74, 6) is 0.567. The van der Waals surface area contributed by atoms with E-state index in [1.54, 1.807) is 10.6 Å². The van der Waals surface area contributed by atoms with Crippen molar-refractivity contribution in [3.05, 3.63) is 55.7 Å². The molecule has 0 saturated heterocycles. The lowest BCUT2D eigenvalue weighted by Gasteiger charge is -2.20. The summed E-state index contributed by atoms with van der Waals surface area (Å²) in [6, 6.07) is 4.11. The standard InChI is InChI=1S/C21H15N3O6/c1-2-9-10-4-16-17(30-8-29-16)5-14(10)22-18-12(9)6-24-15(18)3-11-13(20(24)25)7-28-21(26)19(11)23-27/h3-5,19H,2,6-8H2,1H3. The molecule has 0 amide bonds. The van der Waals surface area contributed by atoms with E-state index in [2.05, 4.69) is 12.1 Å². The van der Waals surface area contributed by atoms with Crippen LogP contribution >= 0.6 is 0 Å². The lowest BCUT2D eigenvalue weighted by molar-refractivity contribution is -0.148. The number of aryl methyl sites for hydroxylation is 1. The zero-order valence-electron chi connectivity index (χ0n) is 15.9. The Bertz CT molecular complexity index is 1360. The van der Waals surface area contributed by atoms with Crippen LogP contribution < -0.4 is 15.0 Å². The lowest BCUT2D eigenvalue weighted by Crippen LogP contribution is -2.32. The van der Waals surface area contributed by atoms with Gasteiger partial charge in [0, 0.05) is 22.6 Å². The van der Waals surface area contributed by atoms with Gasteiger partial charge in [-0.3, -0.25) is 4.79 Å². The smallest absolute Gasteiger partial charge is 0.339 e. The van der Waals surface area contributed by atoms with Gasteiger partial charge >= 0.3 is 5.97 Å². The Morgan fingerprint density at radius 2 is 1.93 bits per heavy atom. The molecule has 0 radical (unpaired) electrons. The summed E-state index contributed by atoms with van der Waals surface area (Å²) in [5.41, 5.74) is 4.31. The Morgan fingerprint density at radius 1 is 1.13 bits per heavy atom. The largest absolute Gasteiger partial charge is 0.459 e. The molecule has 5 heterocycles. The maximum atomic E-state index is 13.2. The van der Waals surface area contributed by atoms with Crippen LogP contribution in [-0.4, -0.2) is 22.3 Å². The first kappa shape index (κ1) is 17.1. The van der Waals surface area contributed by atoms with E-state index in [1.807, 2.05) is 12.1 Å². The number of cyclic esters (lactones) is 1. The zero-order valence-corrected chi connectivity index (χ0v) is 15.9. The van der Waals surface area contributed by atoms with E-state index in [0.717, 1.165) is 28.5 Å². The number of pyridine rings is 2. The quantitative estimate of drug-likeness (QED) is 0.372. The minimum Gasteiger partial charge on any atom is -0.459 e. The second-order valence-corrected chi connectivity index (χ2v) is 7.46. The number of nitroso groups, excluding NO2 is 1. The zero-order chi connectivity index (χ0) is 20.6. The molecule has 0 N–H and O–H groups in total. The molecule has 1 atom stereocenters. The average Bonchev–Trinajstić information content (AvgIpc) is 3.35. The van der Waals surface area contributed by atoms with Crippen LogP contribution in [0.15, 0.2) is 28.2 Å². The molecule has 3 aromatic rings. The summed E-state index contributed by atoms with van der Waals surface area (Å²) < 4.78 is 17.6. The number of hydrogen-bond donors (Lipinski definition) is 0. The Balaban J connectivity index is 1.64. The van der Waals surface area contributed by atoms with Crippen LogP contribution in [0.1, 0.15) is 35.2 Å². The number of hydrogen-bond acceptors (Lipinski definition) is 8. The van der Waals surface area contributed by atoms with E-state index in [1.165, 1.54) is 0 Å². The summed E-state index contributed by atoms with van der Waals surface area (Å²) in [7, 11) is 0. The predicted octanol–water partition coefficient (Wildman–Crippen LogP) is 2.58. The van der Waals surface area contributed by atoms with Crippen molar-refractivity contribution in [2.75, 3.05) is 6.79 Å². The van der Waals surface area contributed by atoms with Crippen LogP contribution in [0.4, 0.5) is 0 Å². The molecule has 9 nitrogen and oxygen atoms in total. The molecule has 9 heteroatoms. The van der Waals surface area contributed by atoms with Gasteiger partial charge in [0.05, 0.1) is 29.0 Å². The van der Waals surface area contributed by atoms with Crippen molar-refractivity contribution in [3.8, 4) is 22.9 Å². The molecule has 1 unspecified atom stereocenters. The first-order valence-corrected chi connectivity index (χ1v) is 9.62. The molecule has 6 rings (SSSR count). The second-order valence-electron chi connectivity index (χ2n) is 7.46. The maximum Gasteiger partial charge on any atom is 0.339 e. The van der Waals surface area contributed by atoms with Gasteiger partial charge in [-0.25, -0.2) is 9.78 Å². The van der Waals surface area contributed by atoms with Crippen LogP contribution in [0.3, 0.4) is 0 Å². The highest BCUT2D eigenvalue weighted by Gasteiger charge is 2.36. The molecular weight excluding hydrogens is 390 g/mol. The first-order valence-electron chi connectivity index (χ1n) is 9.62. The summed E-state index contributed by atoms with van der Waals surface area (Å²) in [5, 5.41) is 3.85. The molecule has 150 valence electrons. The number of ether oxygens (including phenoxy) is 3. The molecule has 30 heavy (non-hydrogen) atoms. The van der Waals surface area contributed by atoms with Gasteiger partial charge in [-0.05, 0) is 29.3 Å². The summed E-state index contributed by atoms with van der Waals surface area (Å²) in [4.78, 5) is 41.2. The van der Waals surface area contributed by atoms with Gasteiger partial charge < -0.3 is 18.8 Å². The number of nitrogens with zero attached hydrogens (tertiary/aromatic N) is 3. The minimum absolute atomic E-state index is 0.160. The number of carbonyl (C=O) groups excluding carboxylic acids is 1. The third-order valence-electron chi connectivity index (χ3n) is 6.03. The van der Waals surface area contributed by atoms with Gasteiger partial charge in [-0.1, -0.05) is 6.92 Å². The predicted molar refractivity (Wildman–Crippen MR) is 104 cm³/mol. The third kappa shape index (κ3) is 2.09. The number of rotatable bonds is 2. The van der Waals surface area contributed by atoms with Crippen molar-refractivity contribution in [2.24, 2.45) is 5.18 Å². The topological polar surface area (TPSA) is 109 Å². The molecule has 0 bridgehead atoms. The van der Waals surface area contributed by atoms with Gasteiger partial charge in [0.25, 0.3) is 5.56 Å². The summed E-state index contributed by atoms with van der Waals surface area (Å²) in [6.07, 6.45) is 0.740.